The Labute approximate surface area is 123 Å². The highest BCUT2D eigenvalue weighted by molar-refractivity contribution is 5.77. The molecule has 6 nitrogen and oxygen atoms in total. The van der Waals surface area contributed by atoms with E-state index < -0.39 is 10.5 Å². The van der Waals surface area contributed by atoms with Crippen molar-refractivity contribution in [2.24, 2.45) is 0 Å². The van der Waals surface area contributed by atoms with Gasteiger partial charge in [-0.05, 0) is 39.8 Å². The van der Waals surface area contributed by atoms with Crippen LogP contribution in [0.3, 0.4) is 0 Å². The molecule has 0 bridgehead atoms. The molecule has 1 atom stereocenters. The van der Waals surface area contributed by atoms with Gasteiger partial charge in [0.1, 0.15) is 18.0 Å². The molecule has 1 aromatic rings. The van der Waals surface area contributed by atoms with Crippen LogP contribution < -0.4 is 4.74 Å². The maximum Gasteiger partial charge on any atom is 0.311 e. The Morgan fingerprint density at radius 2 is 2.05 bits per heavy atom. The number of nitro groups is 1. The lowest BCUT2D eigenvalue weighted by molar-refractivity contribution is -0.386. The topological polar surface area (TPSA) is 78.7 Å². The predicted molar refractivity (Wildman–Crippen MR) is 76.8 cm³/mol. The van der Waals surface area contributed by atoms with Gasteiger partial charge < -0.3 is 9.47 Å². The number of benzene rings is 1. The lowest BCUT2D eigenvalue weighted by atomic mass is 9.97. The van der Waals surface area contributed by atoms with Gasteiger partial charge in [0.2, 0.25) is 0 Å². The minimum absolute atomic E-state index is 0.157. The van der Waals surface area contributed by atoms with E-state index >= 15 is 0 Å². The lowest BCUT2D eigenvalue weighted by Gasteiger charge is -2.27. The summed E-state index contributed by atoms with van der Waals surface area (Å²) < 4.78 is 11.8. The highest BCUT2D eigenvalue weighted by Crippen LogP contribution is 2.41. The maximum atomic E-state index is 11.1. The molecule has 1 heterocycles. The minimum Gasteiger partial charge on any atom is -0.480 e. The van der Waals surface area contributed by atoms with Crippen molar-refractivity contribution in [3.63, 3.8) is 0 Å². The van der Waals surface area contributed by atoms with E-state index in [1.165, 1.54) is 18.2 Å². The Balaban J connectivity index is 2.31. The Morgan fingerprint density at radius 3 is 2.52 bits per heavy atom. The van der Waals surface area contributed by atoms with Crippen molar-refractivity contribution in [1.29, 1.82) is 0 Å². The molecular formula is C15H19NO5. The monoisotopic (exact) mass is 293 g/mol. The van der Waals surface area contributed by atoms with Crippen LogP contribution >= 0.6 is 0 Å². The molecule has 0 amide bonds. The molecule has 21 heavy (non-hydrogen) atoms. The first-order chi connectivity index (χ1) is 9.64. The van der Waals surface area contributed by atoms with Gasteiger partial charge in [-0.1, -0.05) is 0 Å². The van der Waals surface area contributed by atoms with Crippen LogP contribution in [0.15, 0.2) is 18.2 Å². The van der Waals surface area contributed by atoms with E-state index in [1.807, 2.05) is 27.7 Å². The zero-order valence-electron chi connectivity index (χ0n) is 12.6. The van der Waals surface area contributed by atoms with Gasteiger partial charge in [-0.2, -0.15) is 0 Å². The highest BCUT2D eigenvalue weighted by atomic mass is 16.6. The third kappa shape index (κ3) is 3.21. The molecule has 1 aliphatic rings. The van der Waals surface area contributed by atoms with Crippen LogP contribution in [0.4, 0.5) is 5.69 Å². The van der Waals surface area contributed by atoms with Crippen molar-refractivity contribution in [3.05, 3.63) is 33.9 Å². The Bertz CT molecular complexity index is 579. The number of hydrogen-bond donors (Lipinski definition) is 0. The predicted octanol–water partition coefficient (Wildman–Crippen LogP) is 3.13. The van der Waals surface area contributed by atoms with Crippen LogP contribution in [0.5, 0.6) is 5.75 Å². The van der Waals surface area contributed by atoms with Crippen molar-refractivity contribution >= 4 is 12.0 Å². The third-order valence-electron chi connectivity index (χ3n) is 3.58. The summed E-state index contributed by atoms with van der Waals surface area (Å²) in [5, 5.41) is 11.1. The summed E-state index contributed by atoms with van der Waals surface area (Å²) in [4.78, 5) is 21.3. The van der Waals surface area contributed by atoms with Gasteiger partial charge in [-0.3, -0.25) is 14.9 Å². The molecule has 114 valence electrons. The number of nitro benzene ring substituents is 1. The van der Waals surface area contributed by atoms with Gasteiger partial charge in [-0.15, -0.1) is 0 Å². The number of aldehydes is 1. The zero-order chi connectivity index (χ0) is 15.8. The molecule has 1 saturated heterocycles. The lowest BCUT2D eigenvalue weighted by Crippen LogP contribution is -2.36. The van der Waals surface area contributed by atoms with E-state index in [0.29, 0.717) is 12.7 Å². The van der Waals surface area contributed by atoms with Crippen LogP contribution in [0.2, 0.25) is 0 Å². The number of hydrogen-bond acceptors (Lipinski definition) is 5. The minimum atomic E-state index is -0.545. The van der Waals surface area contributed by atoms with E-state index in [-0.39, 0.29) is 28.7 Å². The van der Waals surface area contributed by atoms with Gasteiger partial charge in [0.25, 0.3) is 0 Å². The summed E-state index contributed by atoms with van der Waals surface area (Å²) in [5.41, 5.74) is -0.844. The van der Waals surface area contributed by atoms with Crippen LogP contribution in [0.25, 0.3) is 0 Å². The number of nitrogens with zero attached hydrogens (tertiary/aromatic N) is 1. The van der Waals surface area contributed by atoms with Gasteiger partial charge in [0, 0.05) is 18.1 Å². The molecule has 1 aromatic carbocycles. The van der Waals surface area contributed by atoms with Crippen LogP contribution in [0.1, 0.15) is 44.5 Å². The molecule has 0 spiro atoms. The maximum absolute atomic E-state index is 11.1. The SMILES string of the molecule is CC1(C)CC(Oc2ccc(C=O)cc2[N+](=O)[O-])C(C)(C)O1. The fourth-order valence-corrected chi connectivity index (χ4v) is 2.70. The summed E-state index contributed by atoms with van der Waals surface area (Å²) in [6, 6.07) is 4.18. The number of carbonyl (C=O) groups excluding carboxylic acids is 1. The van der Waals surface area contributed by atoms with Crippen molar-refractivity contribution < 1.29 is 19.2 Å². The summed E-state index contributed by atoms with van der Waals surface area (Å²) in [5.74, 6) is 0.157. The summed E-state index contributed by atoms with van der Waals surface area (Å²) in [7, 11) is 0. The third-order valence-corrected chi connectivity index (χ3v) is 3.58. The first kappa shape index (κ1) is 15.4. The van der Waals surface area contributed by atoms with Crippen molar-refractivity contribution in [3.8, 4) is 5.75 Å². The number of rotatable bonds is 4. The molecule has 0 saturated carbocycles. The van der Waals surface area contributed by atoms with Gasteiger partial charge >= 0.3 is 5.69 Å². The van der Waals surface area contributed by atoms with E-state index in [4.69, 9.17) is 9.47 Å². The summed E-state index contributed by atoms with van der Waals surface area (Å²) >= 11 is 0. The van der Waals surface area contributed by atoms with Crippen LogP contribution in [-0.4, -0.2) is 28.5 Å². The Hall–Kier alpha value is -1.95. The van der Waals surface area contributed by atoms with Crippen molar-refractivity contribution in [2.75, 3.05) is 0 Å². The molecular weight excluding hydrogens is 274 g/mol. The Kier molecular flexibility index (Phi) is 3.76. The largest absolute Gasteiger partial charge is 0.480 e. The second kappa shape index (κ2) is 5.11. The summed E-state index contributed by atoms with van der Waals surface area (Å²) in [6.45, 7) is 7.72. The average Bonchev–Trinajstić information content (AvgIpc) is 2.57. The second-order valence-electron chi connectivity index (χ2n) is 6.38. The molecule has 1 aliphatic heterocycles. The van der Waals surface area contributed by atoms with Gasteiger partial charge in [-0.25, -0.2) is 0 Å². The standard InChI is InChI=1S/C15H19NO5/c1-14(2)8-13(15(3,4)21-14)20-12-6-5-10(9-17)7-11(12)16(18)19/h5-7,9,13H,8H2,1-4H3. The fourth-order valence-electron chi connectivity index (χ4n) is 2.70. The molecule has 0 N–H and O–H groups in total. The second-order valence-corrected chi connectivity index (χ2v) is 6.38. The average molecular weight is 293 g/mol. The summed E-state index contributed by atoms with van der Waals surface area (Å²) in [6.07, 6.45) is 0.906. The first-order valence-electron chi connectivity index (χ1n) is 6.75. The molecule has 0 radical (unpaired) electrons. The fraction of sp³-hybridized carbons (Fsp3) is 0.533. The normalized spacial score (nSPS) is 22.8. The van der Waals surface area contributed by atoms with Crippen LogP contribution in [-0.2, 0) is 4.74 Å². The van der Waals surface area contributed by atoms with E-state index in [1.54, 1.807) is 0 Å². The van der Waals surface area contributed by atoms with Crippen molar-refractivity contribution in [1.82, 2.24) is 0 Å². The smallest absolute Gasteiger partial charge is 0.311 e. The van der Waals surface area contributed by atoms with Gasteiger partial charge in [0.15, 0.2) is 5.75 Å². The molecule has 2 rings (SSSR count). The van der Waals surface area contributed by atoms with Crippen molar-refractivity contribution in [2.45, 2.75) is 51.4 Å². The molecule has 1 fully saturated rings. The quantitative estimate of drug-likeness (QED) is 0.484. The molecule has 1 unspecified atom stereocenters. The Morgan fingerprint density at radius 1 is 1.38 bits per heavy atom. The van der Waals surface area contributed by atoms with Crippen LogP contribution in [0, 0.1) is 10.1 Å². The first-order valence-corrected chi connectivity index (χ1v) is 6.75. The molecule has 0 aromatic heterocycles. The van der Waals surface area contributed by atoms with E-state index in [9.17, 15) is 14.9 Å². The van der Waals surface area contributed by atoms with Gasteiger partial charge in [0.05, 0.1) is 10.5 Å². The highest BCUT2D eigenvalue weighted by Gasteiger charge is 2.48. The van der Waals surface area contributed by atoms with E-state index in [2.05, 4.69) is 0 Å². The van der Waals surface area contributed by atoms with E-state index in [0.717, 1.165) is 0 Å². The zero-order valence-corrected chi connectivity index (χ0v) is 12.6. The number of carbonyl (C=O) groups is 1. The number of ether oxygens (including phenoxy) is 2. The molecule has 6 heteroatoms. The molecule has 0 aliphatic carbocycles.